The summed E-state index contributed by atoms with van der Waals surface area (Å²) in [6.45, 7) is 1.09. The molecule has 31 heavy (non-hydrogen) atoms. The number of hydrogen-bond donors (Lipinski definition) is 3. The lowest BCUT2D eigenvalue weighted by Crippen LogP contribution is -2.29. The molecule has 7 nitrogen and oxygen atoms in total. The van der Waals surface area contributed by atoms with Gasteiger partial charge in [-0.05, 0) is 49.5 Å². The Morgan fingerprint density at radius 3 is 2.58 bits per heavy atom. The molecular weight excluding hydrogens is 436 g/mol. The van der Waals surface area contributed by atoms with Gasteiger partial charge in [-0.2, -0.15) is 0 Å². The molecule has 0 radical (unpaired) electrons. The number of thioether (sulfide) groups is 1. The first-order valence-electron chi connectivity index (χ1n) is 10.4. The van der Waals surface area contributed by atoms with Gasteiger partial charge in [0.1, 0.15) is 10.1 Å². The average Bonchev–Trinajstić information content (AvgIpc) is 2.97. The normalized spacial score (nSPS) is 15.0. The predicted molar refractivity (Wildman–Crippen MR) is 126 cm³/mol. The Balaban J connectivity index is 1.62. The SMILES string of the molecule is O=C(O)CCCCCNC(=O)CCCCCN1C(=O)/C(=C/c2cccc(O)c2)SC1=S. The number of rotatable bonds is 13. The van der Waals surface area contributed by atoms with Crippen molar-refractivity contribution >= 4 is 52.2 Å². The fourth-order valence-electron chi connectivity index (χ4n) is 3.09. The minimum atomic E-state index is -0.789. The number of phenols is 1. The fourth-order valence-corrected chi connectivity index (χ4v) is 4.39. The van der Waals surface area contributed by atoms with Crippen LogP contribution in [0.1, 0.15) is 56.9 Å². The number of amides is 2. The van der Waals surface area contributed by atoms with Crippen LogP contribution in [-0.4, -0.2) is 50.3 Å². The van der Waals surface area contributed by atoms with Gasteiger partial charge in [0.25, 0.3) is 5.91 Å². The maximum absolute atomic E-state index is 12.6. The topological polar surface area (TPSA) is 107 Å². The van der Waals surface area contributed by atoms with Crippen molar-refractivity contribution in [1.29, 1.82) is 0 Å². The van der Waals surface area contributed by atoms with E-state index in [1.165, 1.54) is 11.8 Å². The van der Waals surface area contributed by atoms with E-state index in [0.29, 0.717) is 35.2 Å². The minimum Gasteiger partial charge on any atom is -0.508 e. The first-order chi connectivity index (χ1) is 14.9. The number of hydrogen-bond acceptors (Lipinski definition) is 6. The van der Waals surface area contributed by atoms with Crippen LogP contribution in [0.25, 0.3) is 6.08 Å². The molecule has 1 aromatic carbocycles. The maximum atomic E-state index is 12.6. The van der Waals surface area contributed by atoms with E-state index < -0.39 is 5.97 Å². The molecule has 2 rings (SSSR count). The number of thiocarbonyl (C=S) groups is 1. The zero-order valence-electron chi connectivity index (χ0n) is 17.3. The summed E-state index contributed by atoms with van der Waals surface area (Å²) < 4.78 is 0.525. The van der Waals surface area contributed by atoms with E-state index >= 15 is 0 Å². The van der Waals surface area contributed by atoms with E-state index in [1.54, 1.807) is 29.2 Å². The molecule has 9 heteroatoms. The van der Waals surface area contributed by atoms with E-state index in [-0.39, 0.29) is 24.0 Å². The van der Waals surface area contributed by atoms with E-state index in [0.717, 1.165) is 37.7 Å². The quantitative estimate of drug-likeness (QED) is 0.231. The molecule has 0 spiro atoms. The third kappa shape index (κ3) is 9.10. The van der Waals surface area contributed by atoms with Crippen LogP contribution in [0, 0.1) is 0 Å². The molecule has 3 N–H and O–H groups in total. The van der Waals surface area contributed by atoms with Crippen molar-refractivity contribution in [2.75, 3.05) is 13.1 Å². The van der Waals surface area contributed by atoms with Crippen molar-refractivity contribution in [2.24, 2.45) is 0 Å². The van der Waals surface area contributed by atoms with Gasteiger partial charge in [0, 0.05) is 25.9 Å². The van der Waals surface area contributed by atoms with Crippen molar-refractivity contribution in [3.63, 3.8) is 0 Å². The van der Waals surface area contributed by atoms with Crippen molar-refractivity contribution in [3.8, 4) is 5.75 Å². The number of phenolic OH excluding ortho intramolecular Hbond substituents is 1. The number of carboxylic acid groups (broad SMARTS) is 1. The second-order valence-corrected chi connectivity index (χ2v) is 8.97. The molecule has 1 aromatic rings. The summed E-state index contributed by atoms with van der Waals surface area (Å²) in [4.78, 5) is 37.0. The molecule has 2 amide bonds. The van der Waals surface area contributed by atoms with Crippen LogP contribution >= 0.6 is 24.0 Å². The number of aliphatic carboxylic acids is 1. The Kier molecular flexibility index (Phi) is 10.5. The van der Waals surface area contributed by atoms with Crippen molar-refractivity contribution < 1.29 is 24.6 Å². The van der Waals surface area contributed by atoms with E-state index in [9.17, 15) is 19.5 Å². The standard InChI is InChI=1S/C22H28N2O5S2/c25-17-9-7-8-16(14-17)15-18-21(29)24(22(30)31-18)13-6-2-3-10-19(26)23-12-5-1-4-11-20(27)28/h7-9,14-15,25H,1-6,10-13H2,(H,23,26)(H,27,28)/b18-15-. The van der Waals surface area contributed by atoms with E-state index in [4.69, 9.17) is 17.3 Å². The Morgan fingerprint density at radius 2 is 1.84 bits per heavy atom. The highest BCUT2D eigenvalue weighted by atomic mass is 32.2. The van der Waals surface area contributed by atoms with Crippen molar-refractivity contribution in [1.82, 2.24) is 10.2 Å². The summed E-state index contributed by atoms with van der Waals surface area (Å²) in [6.07, 6.45) is 6.84. The molecule has 0 unspecified atom stereocenters. The Labute approximate surface area is 191 Å². The van der Waals surface area contributed by atoms with Gasteiger partial charge in [0.05, 0.1) is 4.91 Å². The largest absolute Gasteiger partial charge is 0.508 e. The van der Waals surface area contributed by atoms with Crippen LogP contribution < -0.4 is 5.32 Å². The average molecular weight is 465 g/mol. The summed E-state index contributed by atoms with van der Waals surface area (Å²) in [6, 6.07) is 6.70. The summed E-state index contributed by atoms with van der Waals surface area (Å²) >= 11 is 6.59. The molecule has 1 aliphatic heterocycles. The van der Waals surface area contributed by atoms with Crippen molar-refractivity contribution in [3.05, 3.63) is 34.7 Å². The molecule has 1 fully saturated rings. The van der Waals surface area contributed by atoms with Gasteiger partial charge in [-0.15, -0.1) is 0 Å². The van der Waals surface area contributed by atoms with Gasteiger partial charge in [0.2, 0.25) is 5.91 Å². The third-order valence-electron chi connectivity index (χ3n) is 4.72. The monoisotopic (exact) mass is 464 g/mol. The number of aromatic hydroxyl groups is 1. The molecular formula is C22H28N2O5S2. The van der Waals surface area contributed by atoms with Crippen LogP contribution in [0.2, 0.25) is 0 Å². The van der Waals surface area contributed by atoms with Gasteiger partial charge < -0.3 is 15.5 Å². The highest BCUT2D eigenvalue weighted by molar-refractivity contribution is 8.26. The third-order valence-corrected chi connectivity index (χ3v) is 6.09. The Hall–Kier alpha value is -2.39. The number of benzene rings is 1. The van der Waals surface area contributed by atoms with Crippen LogP contribution in [0.4, 0.5) is 0 Å². The Bertz CT molecular complexity index is 841. The first kappa shape index (κ1) is 24.9. The van der Waals surface area contributed by atoms with Crippen LogP contribution in [0.3, 0.4) is 0 Å². The lowest BCUT2D eigenvalue weighted by atomic mass is 10.1. The highest BCUT2D eigenvalue weighted by Gasteiger charge is 2.31. The lowest BCUT2D eigenvalue weighted by molar-refractivity contribution is -0.137. The number of nitrogens with one attached hydrogen (secondary N) is 1. The molecule has 0 aromatic heterocycles. The molecule has 1 saturated heterocycles. The highest BCUT2D eigenvalue weighted by Crippen LogP contribution is 2.33. The number of nitrogens with zero attached hydrogens (tertiary/aromatic N) is 1. The lowest BCUT2D eigenvalue weighted by Gasteiger charge is -2.14. The molecule has 168 valence electrons. The summed E-state index contributed by atoms with van der Waals surface area (Å²) in [5.74, 6) is -0.772. The molecule has 0 atom stereocenters. The zero-order valence-corrected chi connectivity index (χ0v) is 19.0. The Morgan fingerprint density at radius 1 is 1.10 bits per heavy atom. The smallest absolute Gasteiger partial charge is 0.303 e. The van der Waals surface area contributed by atoms with Gasteiger partial charge in [-0.1, -0.05) is 49.0 Å². The summed E-state index contributed by atoms with van der Waals surface area (Å²) in [7, 11) is 0. The number of carbonyl (C=O) groups is 3. The number of carboxylic acids is 1. The van der Waals surface area contributed by atoms with Crippen LogP contribution in [-0.2, 0) is 14.4 Å². The molecule has 0 bridgehead atoms. The second kappa shape index (κ2) is 13.1. The summed E-state index contributed by atoms with van der Waals surface area (Å²) in [5.41, 5.74) is 0.744. The van der Waals surface area contributed by atoms with E-state index in [1.807, 2.05) is 6.07 Å². The van der Waals surface area contributed by atoms with Crippen LogP contribution in [0.5, 0.6) is 5.75 Å². The second-order valence-electron chi connectivity index (χ2n) is 7.29. The predicted octanol–water partition coefficient (Wildman–Crippen LogP) is 3.92. The summed E-state index contributed by atoms with van der Waals surface area (Å²) in [5, 5.41) is 21.0. The van der Waals surface area contributed by atoms with Crippen molar-refractivity contribution in [2.45, 2.75) is 51.4 Å². The first-order valence-corrected chi connectivity index (χ1v) is 11.6. The molecule has 0 saturated carbocycles. The zero-order chi connectivity index (χ0) is 22.6. The van der Waals surface area contributed by atoms with E-state index in [2.05, 4.69) is 5.32 Å². The van der Waals surface area contributed by atoms with Gasteiger partial charge in [-0.3, -0.25) is 19.3 Å². The fraction of sp³-hybridized carbons (Fsp3) is 0.455. The van der Waals surface area contributed by atoms with Gasteiger partial charge >= 0.3 is 5.97 Å². The maximum Gasteiger partial charge on any atom is 0.303 e. The minimum absolute atomic E-state index is 0.00195. The number of carbonyl (C=O) groups excluding carboxylic acids is 2. The van der Waals surface area contributed by atoms with Crippen LogP contribution in [0.15, 0.2) is 29.2 Å². The van der Waals surface area contributed by atoms with Gasteiger partial charge in [0.15, 0.2) is 0 Å². The molecule has 1 heterocycles. The molecule has 0 aliphatic carbocycles. The number of unbranched alkanes of at least 4 members (excludes halogenated alkanes) is 4. The van der Waals surface area contributed by atoms with Gasteiger partial charge in [-0.25, -0.2) is 0 Å². The molecule has 1 aliphatic rings.